The predicted octanol–water partition coefficient (Wildman–Crippen LogP) is 4.02. The number of H-pyrrole nitrogens is 1. The van der Waals surface area contributed by atoms with Gasteiger partial charge in [0.15, 0.2) is 0 Å². The monoisotopic (exact) mass is 365 g/mol. The lowest BCUT2D eigenvalue weighted by Gasteiger charge is -2.41. The fourth-order valence-corrected chi connectivity index (χ4v) is 4.38. The van der Waals surface area contributed by atoms with Gasteiger partial charge in [-0.3, -0.25) is 9.69 Å². The number of carbonyl (C=O) groups is 1. The molecule has 1 N–H and O–H groups in total. The minimum Gasteiger partial charge on any atom is -0.361 e. The third kappa shape index (κ3) is 3.23. The molecule has 4 rings (SSSR count). The molecule has 0 spiro atoms. The smallest absolute Gasteiger partial charge is 0.230 e. The molecular weight excluding hydrogens is 334 g/mol. The third-order valence-electron chi connectivity index (χ3n) is 5.58. The van der Waals surface area contributed by atoms with Crippen molar-refractivity contribution in [2.75, 3.05) is 27.2 Å². The highest BCUT2D eigenvalue weighted by Gasteiger charge is 2.37. The molecule has 2 atom stereocenters. The summed E-state index contributed by atoms with van der Waals surface area (Å²) >= 11 is 0. The first-order chi connectivity index (χ1) is 13.0. The highest BCUT2D eigenvalue weighted by molar-refractivity contribution is 6.00. The number of hydrogen-bond acceptors (Lipinski definition) is 2. The number of amides is 1. The molecule has 0 saturated carbocycles. The molecule has 0 saturated heterocycles. The molecular formula is C23H31N3O. The van der Waals surface area contributed by atoms with Crippen LogP contribution in [0.1, 0.15) is 30.5 Å². The summed E-state index contributed by atoms with van der Waals surface area (Å²) in [5, 5.41) is 1.33. The van der Waals surface area contributed by atoms with Crippen LogP contribution in [0.4, 0.5) is 0 Å². The molecule has 2 unspecified atom stereocenters. The summed E-state index contributed by atoms with van der Waals surface area (Å²) < 4.78 is 0. The van der Waals surface area contributed by atoms with Crippen LogP contribution in [0.25, 0.3) is 16.5 Å². The second-order valence-electron chi connectivity index (χ2n) is 7.42. The summed E-state index contributed by atoms with van der Waals surface area (Å²) in [5.41, 5.74) is 6.44. The Hall–Kier alpha value is -2.33. The average molecular weight is 366 g/mol. The molecule has 1 aliphatic carbocycles. The molecule has 2 aliphatic rings. The summed E-state index contributed by atoms with van der Waals surface area (Å²) in [4.78, 5) is 20.2. The Balaban J connectivity index is 0.00000102. The van der Waals surface area contributed by atoms with E-state index in [0.29, 0.717) is 6.04 Å². The van der Waals surface area contributed by atoms with E-state index in [4.69, 9.17) is 0 Å². The molecule has 0 bridgehead atoms. The van der Waals surface area contributed by atoms with Gasteiger partial charge in [0.2, 0.25) is 5.91 Å². The Morgan fingerprint density at radius 2 is 2.11 bits per heavy atom. The number of hydrogen-bond donors (Lipinski definition) is 1. The van der Waals surface area contributed by atoms with Crippen LogP contribution >= 0.6 is 0 Å². The SMILES string of the molecule is C=CCN1CC(C(=O)N(C)C)C=C2c3ccc(C)c4[nH]cc(c34)CC21.CC. The second-order valence-corrected chi connectivity index (χ2v) is 7.42. The van der Waals surface area contributed by atoms with Crippen LogP contribution in [-0.4, -0.2) is 53.9 Å². The van der Waals surface area contributed by atoms with Gasteiger partial charge in [-0.15, -0.1) is 6.58 Å². The van der Waals surface area contributed by atoms with E-state index >= 15 is 0 Å². The van der Waals surface area contributed by atoms with Crippen LogP contribution < -0.4 is 0 Å². The molecule has 4 heteroatoms. The van der Waals surface area contributed by atoms with Crippen LogP contribution in [0.2, 0.25) is 0 Å². The quantitative estimate of drug-likeness (QED) is 0.835. The van der Waals surface area contributed by atoms with Crippen molar-refractivity contribution >= 4 is 22.4 Å². The molecule has 0 radical (unpaired) electrons. The number of rotatable bonds is 3. The van der Waals surface area contributed by atoms with Gasteiger partial charge in [0.1, 0.15) is 0 Å². The zero-order chi connectivity index (χ0) is 19.7. The van der Waals surface area contributed by atoms with E-state index in [0.717, 1.165) is 19.5 Å². The van der Waals surface area contributed by atoms with E-state index in [-0.39, 0.29) is 11.8 Å². The summed E-state index contributed by atoms with van der Waals surface area (Å²) in [6.45, 7) is 11.6. The second kappa shape index (κ2) is 7.73. The maximum Gasteiger partial charge on any atom is 0.230 e. The Bertz CT molecular complexity index is 890. The topological polar surface area (TPSA) is 39.3 Å². The first kappa shape index (κ1) is 19.4. The van der Waals surface area contributed by atoms with Crippen LogP contribution in [0, 0.1) is 12.8 Å². The third-order valence-corrected chi connectivity index (χ3v) is 5.58. The summed E-state index contributed by atoms with van der Waals surface area (Å²) in [6.07, 6.45) is 7.30. The van der Waals surface area contributed by atoms with E-state index in [1.807, 2.05) is 34.0 Å². The molecule has 1 amide bonds. The van der Waals surface area contributed by atoms with Crippen molar-refractivity contribution in [1.82, 2.24) is 14.8 Å². The van der Waals surface area contributed by atoms with Gasteiger partial charge < -0.3 is 9.88 Å². The highest BCUT2D eigenvalue weighted by atomic mass is 16.2. The predicted molar refractivity (Wildman–Crippen MR) is 114 cm³/mol. The number of aromatic nitrogens is 1. The first-order valence-corrected chi connectivity index (χ1v) is 9.89. The first-order valence-electron chi connectivity index (χ1n) is 9.89. The number of nitrogens with one attached hydrogen (secondary N) is 1. The van der Waals surface area contributed by atoms with Gasteiger partial charge >= 0.3 is 0 Å². The van der Waals surface area contributed by atoms with E-state index in [1.165, 1.54) is 33.2 Å². The van der Waals surface area contributed by atoms with Crippen molar-refractivity contribution in [3.05, 3.63) is 53.8 Å². The van der Waals surface area contributed by atoms with E-state index in [1.54, 1.807) is 4.90 Å². The molecule has 4 nitrogen and oxygen atoms in total. The lowest BCUT2D eigenvalue weighted by Crippen LogP contribution is -2.48. The largest absolute Gasteiger partial charge is 0.361 e. The van der Waals surface area contributed by atoms with E-state index < -0.39 is 0 Å². The van der Waals surface area contributed by atoms with Crippen LogP contribution in [0.3, 0.4) is 0 Å². The Morgan fingerprint density at radius 3 is 2.78 bits per heavy atom. The number of benzene rings is 1. The lowest BCUT2D eigenvalue weighted by atomic mass is 9.79. The molecule has 144 valence electrons. The summed E-state index contributed by atoms with van der Waals surface area (Å²) in [5.74, 6) is 0.0706. The summed E-state index contributed by atoms with van der Waals surface area (Å²) in [7, 11) is 3.67. The molecule has 2 aromatic rings. The van der Waals surface area contributed by atoms with E-state index in [2.05, 4.69) is 47.8 Å². The summed E-state index contributed by atoms with van der Waals surface area (Å²) in [6, 6.07) is 4.72. The number of fused-ring (bicyclic) bond motifs is 2. The van der Waals surface area contributed by atoms with Gasteiger partial charge in [-0.2, -0.15) is 0 Å². The molecule has 27 heavy (non-hydrogen) atoms. The Labute approximate surface area is 162 Å². The van der Waals surface area contributed by atoms with Crippen molar-refractivity contribution in [3.8, 4) is 0 Å². The van der Waals surface area contributed by atoms with E-state index in [9.17, 15) is 4.79 Å². The fraction of sp³-hybridized carbons (Fsp3) is 0.435. The minimum atomic E-state index is -0.0990. The maximum absolute atomic E-state index is 12.6. The zero-order valence-corrected chi connectivity index (χ0v) is 17.2. The zero-order valence-electron chi connectivity index (χ0n) is 17.2. The number of carbonyl (C=O) groups excluding carboxylic acids is 1. The molecule has 0 fully saturated rings. The highest BCUT2D eigenvalue weighted by Crippen LogP contribution is 2.42. The van der Waals surface area contributed by atoms with Gasteiger partial charge in [-0.05, 0) is 35.6 Å². The van der Waals surface area contributed by atoms with Crippen molar-refractivity contribution < 1.29 is 4.79 Å². The van der Waals surface area contributed by atoms with Gasteiger partial charge in [0.25, 0.3) is 0 Å². The lowest BCUT2D eigenvalue weighted by molar-refractivity contribution is -0.132. The molecule has 1 aromatic heterocycles. The Kier molecular flexibility index (Phi) is 5.56. The maximum atomic E-state index is 12.6. The van der Waals surface area contributed by atoms with Crippen molar-refractivity contribution in [3.63, 3.8) is 0 Å². The molecule has 1 aliphatic heterocycles. The fourth-order valence-electron chi connectivity index (χ4n) is 4.38. The number of nitrogens with zero attached hydrogens (tertiary/aromatic N) is 2. The minimum absolute atomic E-state index is 0.0990. The van der Waals surface area contributed by atoms with Gasteiger partial charge in [-0.25, -0.2) is 0 Å². The van der Waals surface area contributed by atoms with Crippen molar-refractivity contribution in [2.45, 2.75) is 33.2 Å². The normalized spacial score (nSPS) is 21.0. The Morgan fingerprint density at radius 1 is 1.37 bits per heavy atom. The molecule has 2 heterocycles. The van der Waals surface area contributed by atoms with Crippen molar-refractivity contribution in [2.24, 2.45) is 5.92 Å². The number of aryl methyl sites for hydroxylation is 1. The average Bonchev–Trinajstić information content (AvgIpc) is 3.10. The molecule has 1 aromatic carbocycles. The van der Waals surface area contributed by atoms with Gasteiger partial charge in [0.05, 0.1) is 5.92 Å². The van der Waals surface area contributed by atoms with Gasteiger partial charge in [0, 0.05) is 50.3 Å². The van der Waals surface area contributed by atoms with Crippen LogP contribution in [0.15, 0.2) is 37.1 Å². The van der Waals surface area contributed by atoms with Crippen molar-refractivity contribution in [1.29, 1.82) is 0 Å². The van der Waals surface area contributed by atoms with Gasteiger partial charge in [-0.1, -0.05) is 38.1 Å². The van der Waals surface area contributed by atoms with Crippen LogP contribution in [-0.2, 0) is 11.2 Å². The van der Waals surface area contributed by atoms with Crippen LogP contribution in [0.5, 0.6) is 0 Å². The number of aromatic amines is 1. The standard InChI is InChI=1S/C21H25N3O.C2H6/c1-5-8-24-12-15(21(25)23(3)4)9-17-16-7-6-13(2)20-19(16)14(11-22-20)10-18(17)24;1-2/h5-7,9,11,15,18,22H,1,8,10,12H2,2-4H3;1-2H3.